The third-order valence-corrected chi connectivity index (χ3v) is 5.76. The maximum absolute atomic E-state index is 13.1. The van der Waals surface area contributed by atoms with Gasteiger partial charge in [0.15, 0.2) is 0 Å². The van der Waals surface area contributed by atoms with Crippen LogP contribution in [-0.4, -0.2) is 14.8 Å². The fraction of sp³-hybridized carbons (Fsp3) is 0.250. The largest absolute Gasteiger partial charge is 0.319 e. The number of benzene rings is 2. The fourth-order valence-electron chi connectivity index (χ4n) is 2.60. The van der Waals surface area contributed by atoms with E-state index in [2.05, 4.69) is 5.32 Å². The Kier molecular flexibility index (Phi) is 6.53. The molecule has 0 unspecified atom stereocenters. The van der Waals surface area contributed by atoms with Crippen molar-refractivity contribution < 1.29 is 13.2 Å². The van der Waals surface area contributed by atoms with Crippen LogP contribution in [0, 0.1) is 6.92 Å². The van der Waals surface area contributed by atoms with E-state index < -0.39 is 9.84 Å². The van der Waals surface area contributed by atoms with Crippen molar-refractivity contribution in [2.45, 2.75) is 38.0 Å². The molecule has 1 amide bonds. The molecule has 0 fully saturated rings. The van der Waals surface area contributed by atoms with E-state index in [1.54, 1.807) is 24.3 Å². The van der Waals surface area contributed by atoms with Crippen molar-refractivity contribution in [2.24, 2.45) is 0 Å². The lowest BCUT2D eigenvalue weighted by Crippen LogP contribution is -2.21. The van der Waals surface area contributed by atoms with Crippen molar-refractivity contribution in [3.8, 4) is 0 Å². The molecule has 0 aliphatic rings. The highest BCUT2D eigenvalue weighted by Gasteiger charge is 2.25. The van der Waals surface area contributed by atoms with E-state index >= 15 is 0 Å². The number of hydrogen-bond acceptors (Lipinski definition) is 3. The van der Waals surface area contributed by atoms with E-state index in [0.717, 1.165) is 24.0 Å². The SMILES string of the molecule is CCCC/C(=C(\NC=O)S(=O)(=O)c1ccc(C)cc1)c1ccccc1. The first-order valence-corrected chi connectivity index (χ1v) is 9.79. The zero-order valence-corrected chi connectivity index (χ0v) is 15.3. The van der Waals surface area contributed by atoms with Crippen molar-refractivity contribution in [3.63, 3.8) is 0 Å². The standard InChI is InChI=1S/C20H23NO3S/c1-3-4-10-19(17-8-6-5-7-9-17)20(21-15-22)25(23,24)18-13-11-16(2)12-14-18/h5-9,11-15H,3-4,10H2,1-2H3,(H,21,22)/b20-19-. The van der Waals surface area contributed by atoms with Gasteiger partial charge in [-0.25, -0.2) is 8.42 Å². The number of rotatable bonds is 8. The monoisotopic (exact) mass is 357 g/mol. The molecule has 2 rings (SSSR count). The smallest absolute Gasteiger partial charge is 0.222 e. The molecular formula is C20H23NO3S. The molecule has 0 aromatic heterocycles. The number of aryl methyl sites for hydroxylation is 1. The van der Waals surface area contributed by atoms with Crippen LogP contribution < -0.4 is 5.32 Å². The van der Waals surface area contributed by atoms with Crippen molar-refractivity contribution in [1.29, 1.82) is 0 Å². The minimum atomic E-state index is -3.82. The van der Waals surface area contributed by atoms with Crippen LogP contribution >= 0.6 is 0 Å². The summed E-state index contributed by atoms with van der Waals surface area (Å²) in [4.78, 5) is 11.3. The lowest BCUT2D eigenvalue weighted by molar-refractivity contribution is -0.108. The first-order chi connectivity index (χ1) is 12.0. The highest BCUT2D eigenvalue weighted by Crippen LogP contribution is 2.29. The number of carbonyl (C=O) groups excluding carboxylic acids is 1. The Morgan fingerprint density at radius 2 is 1.68 bits per heavy atom. The van der Waals surface area contributed by atoms with Crippen LogP contribution in [0.15, 0.2) is 64.5 Å². The lowest BCUT2D eigenvalue weighted by atomic mass is 10.0. The van der Waals surface area contributed by atoms with Crippen LogP contribution in [0.2, 0.25) is 0 Å². The van der Waals surface area contributed by atoms with Gasteiger partial charge in [0, 0.05) is 0 Å². The Balaban J connectivity index is 2.66. The molecule has 0 bridgehead atoms. The topological polar surface area (TPSA) is 63.2 Å². The third kappa shape index (κ3) is 4.57. The van der Waals surface area contributed by atoms with Gasteiger partial charge in [-0.1, -0.05) is 61.4 Å². The summed E-state index contributed by atoms with van der Waals surface area (Å²) < 4.78 is 26.3. The molecule has 0 saturated carbocycles. The second-order valence-electron chi connectivity index (χ2n) is 5.86. The molecule has 0 spiro atoms. The second-order valence-corrected chi connectivity index (χ2v) is 7.74. The maximum Gasteiger partial charge on any atom is 0.222 e. The van der Waals surface area contributed by atoms with E-state index in [4.69, 9.17) is 0 Å². The average Bonchev–Trinajstić information content (AvgIpc) is 2.62. The minimum absolute atomic E-state index is 0.0361. The number of amides is 1. The molecule has 0 heterocycles. The molecular weight excluding hydrogens is 334 g/mol. The average molecular weight is 357 g/mol. The first kappa shape index (κ1) is 18.9. The predicted molar refractivity (Wildman–Crippen MR) is 100 cm³/mol. The summed E-state index contributed by atoms with van der Waals surface area (Å²) in [6, 6.07) is 16.0. The van der Waals surface area contributed by atoms with Crippen LogP contribution in [-0.2, 0) is 14.6 Å². The van der Waals surface area contributed by atoms with Crippen molar-refractivity contribution in [3.05, 3.63) is 70.8 Å². The molecule has 0 saturated heterocycles. The number of allylic oxidation sites excluding steroid dienone is 1. The molecule has 0 radical (unpaired) electrons. The number of unbranched alkanes of at least 4 members (excludes halogenated alkanes) is 1. The first-order valence-electron chi connectivity index (χ1n) is 8.31. The molecule has 1 N–H and O–H groups in total. The molecule has 4 nitrogen and oxygen atoms in total. The van der Waals surface area contributed by atoms with Gasteiger partial charge >= 0.3 is 0 Å². The fourth-order valence-corrected chi connectivity index (χ4v) is 4.08. The van der Waals surface area contributed by atoms with Crippen molar-refractivity contribution in [1.82, 2.24) is 5.32 Å². The van der Waals surface area contributed by atoms with Gasteiger partial charge in [-0.3, -0.25) is 4.79 Å². The summed E-state index contributed by atoms with van der Waals surface area (Å²) in [5, 5.41) is 2.42. The van der Waals surface area contributed by atoms with Gasteiger partial charge in [0.2, 0.25) is 16.2 Å². The Morgan fingerprint density at radius 3 is 2.24 bits per heavy atom. The summed E-state index contributed by atoms with van der Waals surface area (Å²) in [7, 11) is -3.82. The summed E-state index contributed by atoms with van der Waals surface area (Å²) in [5.41, 5.74) is 2.41. The zero-order chi connectivity index (χ0) is 18.3. The van der Waals surface area contributed by atoms with Crippen molar-refractivity contribution in [2.75, 3.05) is 0 Å². The Hall–Kier alpha value is -2.40. The summed E-state index contributed by atoms with van der Waals surface area (Å²) >= 11 is 0. The molecule has 132 valence electrons. The molecule has 0 aliphatic carbocycles. The minimum Gasteiger partial charge on any atom is -0.319 e. The molecule has 2 aromatic carbocycles. The normalized spacial score (nSPS) is 12.4. The second kappa shape index (κ2) is 8.62. The van der Waals surface area contributed by atoms with Gasteiger partial charge in [0.25, 0.3) is 0 Å². The van der Waals surface area contributed by atoms with E-state index in [-0.39, 0.29) is 9.92 Å². The number of carbonyl (C=O) groups is 1. The zero-order valence-electron chi connectivity index (χ0n) is 14.5. The van der Waals surface area contributed by atoms with Crippen molar-refractivity contribution >= 4 is 21.8 Å². The molecule has 25 heavy (non-hydrogen) atoms. The van der Waals surface area contributed by atoms with E-state index in [9.17, 15) is 13.2 Å². The number of sulfone groups is 1. The molecule has 0 atom stereocenters. The summed E-state index contributed by atoms with van der Waals surface area (Å²) in [6.45, 7) is 3.94. The highest BCUT2D eigenvalue weighted by atomic mass is 32.2. The highest BCUT2D eigenvalue weighted by molar-refractivity contribution is 7.95. The van der Waals surface area contributed by atoms with Gasteiger partial charge in [-0.2, -0.15) is 0 Å². The quantitative estimate of drug-likeness (QED) is 0.724. The summed E-state index contributed by atoms with van der Waals surface area (Å²) in [5.74, 6) is 0. The van der Waals surface area contributed by atoms with Gasteiger partial charge in [0.1, 0.15) is 5.03 Å². The number of hydrogen-bond donors (Lipinski definition) is 1. The Morgan fingerprint density at radius 1 is 1.04 bits per heavy atom. The lowest BCUT2D eigenvalue weighted by Gasteiger charge is -2.16. The van der Waals surface area contributed by atoms with Crippen LogP contribution in [0.3, 0.4) is 0 Å². The van der Waals surface area contributed by atoms with Crippen LogP contribution in [0.5, 0.6) is 0 Å². The van der Waals surface area contributed by atoms with Crippen LogP contribution in [0.4, 0.5) is 0 Å². The van der Waals surface area contributed by atoms with E-state index in [1.807, 2.05) is 44.2 Å². The Bertz CT molecular complexity index is 838. The van der Waals surface area contributed by atoms with E-state index in [0.29, 0.717) is 18.4 Å². The summed E-state index contributed by atoms with van der Waals surface area (Å²) in [6.07, 6.45) is 2.75. The Labute approximate surface area is 149 Å². The van der Waals surface area contributed by atoms with Gasteiger partial charge < -0.3 is 5.32 Å². The van der Waals surface area contributed by atoms with Gasteiger partial charge in [0.05, 0.1) is 4.90 Å². The third-order valence-electron chi connectivity index (χ3n) is 3.97. The number of nitrogens with one attached hydrogen (secondary N) is 1. The van der Waals surface area contributed by atoms with Gasteiger partial charge in [-0.05, 0) is 43.0 Å². The maximum atomic E-state index is 13.1. The molecule has 2 aromatic rings. The van der Waals surface area contributed by atoms with Crippen LogP contribution in [0.25, 0.3) is 5.57 Å². The molecule has 5 heteroatoms. The van der Waals surface area contributed by atoms with Crippen LogP contribution in [0.1, 0.15) is 37.3 Å². The molecule has 0 aliphatic heterocycles. The predicted octanol–water partition coefficient (Wildman–Crippen LogP) is 4.07. The van der Waals surface area contributed by atoms with Gasteiger partial charge in [-0.15, -0.1) is 0 Å². The van der Waals surface area contributed by atoms with E-state index in [1.165, 1.54) is 0 Å².